The average Bonchev–Trinajstić information content (AvgIpc) is 1.75. The summed E-state index contributed by atoms with van der Waals surface area (Å²) in [5, 5.41) is 0. The topological polar surface area (TPSA) is 9.23 Å². The van der Waals surface area contributed by atoms with Crippen LogP contribution in [-0.2, 0) is 4.74 Å². The molecule has 0 aromatic rings. The van der Waals surface area contributed by atoms with Crippen LogP contribution in [0.1, 0.15) is 0 Å². The van der Waals surface area contributed by atoms with Gasteiger partial charge in [-0.25, -0.2) is 4.39 Å². The molecule has 0 saturated heterocycles. The van der Waals surface area contributed by atoms with E-state index in [4.69, 9.17) is 4.39 Å². The van der Waals surface area contributed by atoms with Gasteiger partial charge in [-0.1, -0.05) is 13.2 Å². The van der Waals surface area contributed by atoms with Gasteiger partial charge in [-0.15, -0.1) is 0 Å². The summed E-state index contributed by atoms with van der Waals surface area (Å²) in [6.45, 7) is 6.51. The molecule has 0 unspecified atom stereocenters. The van der Waals surface area contributed by atoms with E-state index in [2.05, 4.69) is 25.1 Å². The van der Waals surface area contributed by atoms with Crippen molar-refractivity contribution in [3.63, 3.8) is 0 Å². The Hall–Kier alpha value is -0.790. The lowest BCUT2D eigenvalue weighted by molar-refractivity contribution is 0.406. The van der Waals surface area contributed by atoms with E-state index in [9.17, 15) is 0 Å². The van der Waals surface area contributed by atoms with Crippen LogP contribution < -0.4 is 0 Å². The van der Waals surface area contributed by atoms with Gasteiger partial charge in [-0.05, 0) is 0 Å². The van der Waals surface area contributed by atoms with E-state index in [1.54, 1.807) is 0 Å². The summed E-state index contributed by atoms with van der Waals surface area (Å²) >= 11 is 0. The van der Waals surface area contributed by atoms with Crippen molar-refractivity contribution in [1.82, 2.24) is 0 Å². The highest BCUT2D eigenvalue weighted by atomic mass is 19.1. The van der Waals surface area contributed by atoms with E-state index in [0.29, 0.717) is 0 Å². The summed E-state index contributed by atoms with van der Waals surface area (Å²) < 4.78 is 13.1. The van der Waals surface area contributed by atoms with E-state index in [0.717, 1.165) is 0 Å². The van der Waals surface area contributed by atoms with Crippen LogP contribution in [0.2, 0.25) is 0 Å². The highest BCUT2D eigenvalue weighted by molar-refractivity contribution is 4.57. The Morgan fingerprint density at radius 1 is 1.29 bits per heavy atom. The second-order valence-corrected chi connectivity index (χ2v) is 0.469. The number of halogens is 1. The van der Waals surface area contributed by atoms with Crippen LogP contribution in [0.4, 0.5) is 4.39 Å². The minimum absolute atomic E-state index is 1.31. The molecule has 0 aromatic heterocycles. The van der Waals surface area contributed by atoms with Gasteiger partial charge in [-0.2, -0.15) is 0 Å². The Kier molecular flexibility index (Phi) is 25.7. The first kappa shape index (κ1) is 9.51. The fourth-order valence-electron chi connectivity index (χ4n) is 0.0680. The van der Waals surface area contributed by atoms with Crippen LogP contribution >= 0.6 is 0 Å². The molecule has 0 heterocycles. The largest absolute Gasteiger partial charge is 0.474 e. The zero-order chi connectivity index (χ0) is 6.12. The SMILES string of the molecule is C=COC=C.[C]F. The first-order valence-electron chi connectivity index (χ1n) is 1.48. The maximum atomic E-state index is 8.75. The lowest BCUT2D eigenvalue weighted by Gasteiger charge is -1.76. The second-order valence-electron chi connectivity index (χ2n) is 0.469. The molecule has 0 amide bonds. The molecule has 0 N–H and O–H groups in total. The van der Waals surface area contributed by atoms with Gasteiger partial charge in [0.2, 0.25) is 7.18 Å². The Balaban J connectivity index is 0. The van der Waals surface area contributed by atoms with E-state index >= 15 is 0 Å². The van der Waals surface area contributed by atoms with Crippen LogP contribution in [0, 0.1) is 7.18 Å². The third kappa shape index (κ3) is 36.7. The molecule has 3 radical (unpaired) electrons. The maximum Gasteiger partial charge on any atom is 0.232 e. The first-order chi connectivity index (χ1) is 3.41. The molecule has 2 heteroatoms. The predicted molar refractivity (Wildman–Crippen MR) is 25.8 cm³/mol. The molecule has 0 fully saturated rings. The van der Waals surface area contributed by atoms with Crippen molar-refractivity contribution in [2.75, 3.05) is 0 Å². The molecule has 0 aliphatic carbocycles. The lowest BCUT2D eigenvalue weighted by Crippen LogP contribution is -1.52. The molecule has 0 bridgehead atoms. The van der Waals surface area contributed by atoms with Gasteiger partial charge in [0.05, 0.1) is 12.5 Å². The molecule has 0 rings (SSSR count). The van der Waals surface area contributed by atoms with Crippen LogP contribution in [0.25, 0.3) is 0 Å². The van der Waals surface area contributed by atoms with Crippen LogP contribution in [-0.4, -0.2) is 0 Å². The van der Waals surface area contributed by atoms with Gasteiger partial charge in [0.15, 0.2) is 0 Å². The standard InChI is InChI=1S/C4H6O.CF/c1-3-5-4-2;1-2/h3-4H,1-2H2;. The van der Waals surface area contributed by atoms with Gasteiger partial charge in [0.1, 0.15) is 0 Å². The monoisotopic (exact) mass is 101 g/mol. The van der Waals surface area contributed by atoms with Crippen molar-refractivity contribution in [1.29, 1.82) is 0 Å². The molecule has 0 aliphatic heterocycles. The number of hydrogen-bond acceptors (Lipinski definition) is 1. The van der Waals surface area contributed by atoms with E-state index < -0.39 is 0 Å². The molecular weight excluding hydrogens is 95.1 g/mol. The highest BCUT2D eigenvalue weighted by Gasteiger charge is 1.45. The van der Waals surface area contributed by atoms with Gasteiger partial charge in [-0.3, -0.25) is 0 Å². The summed E-state index contributed by atoms with van der Waals surface area (Å²) in [5.74, 6) is 0. The minimum atomic E-state index is 1.31. The number of hydrogen-bond donors (Lipinski definition) is 0. The zero-order valence-corrected chi connectivity index (χ0v) is 3.86. The van der Waals surface area contributed by atoms with Crippen molar-refractivity contribution in [3.8, 4) is 0 Å². The Morgan fingerprint density at radius 2 is 1.57 bits per heavy atom. The summed E-state index contributed by atoms with van der Waals surface area (Å²) in [6, 6.07) is 0. The van der Waals surface area contributed by atoms with Crippen LogP contribution in [0.3, 0.4) is 0 Å². The minimum Gasteiger partial charge on any atom is -0.474 e. The normalized spacial score (nSPS) is 4.86. The molecule has 0 spiro atoms. The van der Waals surface area contributed by atoms with Crippen molar-refractivity contribution in [2.45, 2.75) is 0 Å². The molecule has 1 nitrogen and oxygen atoms in total. The van der Waals surface area contributed by atoms with Crippen molar-refractivity contribution in [3.05, 3.63) is 32.9 Å². The Morgan fingerprint density at radius 3 is 1.57 bits per heavy atom. The zero-order valence-electron chi connectivity index (χ0n) is 3.86. The molecule has 0 aromatic carbocycles. The van der Waals surface area contributed by atoms with Crippen molar-refractivity contribution < 1.29 is 9.13 Å². The van der Waals surface area contributed by atoms with E-state index in [1.807, 2.05) is 0 Å². The maximum absolute atomic E-state index is 8.75. The van der Waals surface area contributed by atoms with Gasteiger partial charge >= 0.3 is 0 Å². The summed E-state index contributed by atoms with van der Waals surface area (Å²) in [6.07, 6.45) is 2.62. The molecule has 0 atom stereocenters. The van der Waals surface area contributed by atoms with Crippen molar-refractivity contribution in [2.24, 2.45) is 0 Å². The predicted octanol–water partition coefficient (Wildman–Crippen LogP) is 1.79. The summed E-state index contributed by atoms with van der Waals surface area (Å²) in [5.41, 5.74) is 0. The smallest absolute Gasteiger partial charge is 0.232 e. The summed E-state index contributed by atoms with van der Waals surface area (Å²) in [7, 11) is 4.25. The van der Waals surface area contributed by atoms with Gasteiger partial charge < -0.3 is 4.74 Å². The fourth-order valence-corrected chi connectivity index (χ4v) is 0.0680. The van der Waals surface area contributed by atoms with Crippen molar-refractivity contribution >= 4 is 0 Å². The van der Waals surface area contributed by atoms with Crippen LogP contribution in [0.5, 0.6) is 0 Å². The quantitative estimate of drug-likeness (QED) is 0.482. The summed E-state index contributed by atoms with van der Waals surface area (Å²) in [4.78, 5) is 0. The van der Waals surface area contributed by atoms with Crippen LogP contribution in [0.15, 0.2) is 25.7 Å². The van der Waals surface area contributed by atoms with E-state index in [-0.39, 0.29) is 0 Å². The molecule has 0 saturated carbocycles. The highest BCUT2D eigenvalue weighted by Crippen LogP contribution is 1.65. The third-order valence-electron chi connectivity index (χ3n) is 0.192. The number of ether oxygens (including phenoxy) is 1. The van der Waals surface area contributed by atoms with Gasteiger partial charge in [0, 0.05) is 0 Å². The fraction of sp³-hybridized carbons (Fsp3) is 0. The second kappa shape index (κ2) is 18.9. The number of rotatable bonds is 2. The molecule has 0 aliphatic rings. The lowest BCUT2D eigenvalue weighted by atomic mass is 11.1. The average molecular weight is 101 g/mol. The molecule has 39 valence electrons. The molecule has 7 heavy (non-hydrogen) atoms. The molecular formula is C5H6FO. The van der Waals surface area contributed by atoms with Gasteiger partial charge in [0.25, 0.3) is 0 Å². The first-order valence-corrected chi connectivity index (χ1v) is 1.48. The Labute approximate surface area is 43.1 Å². The third-order valence-corrected chi connectivity index (χ3v) is 0.192. The van der Waals surface area contributed by atoms with E-state index in [1.165, 1.54) is 12.5 Å². The Bertz CT molecular complexity index is 37.3.